The molecular formula is C132H80N12S3. The number of thiophene rings is 3. The van der Waals surface area contributed by atoms with Crippen molar-refractivity contribution in [1.82, 2.24) is 58.6 Å². The third-order valence-corrected chi connectivity index (χ3v) is 33.2. The molecule has 0 atom stereocenters. The van der Waals surface area contributed by atoms with E-state index in [4.69, 9.17) is 41.7 Å². The van der Waals surface area contributed by atoms with Crippen LogP contribution in [0.2, 0.25) is 0 Å². The number of hydrogen-bond donors (Lipinski definition) is 0. The van der Waals surface area contributed by atoms with Gasteiger partial charge < -0.3 is 13.7 Å². The molecular weight excluding hydrogens is 1850 g/mol. The molecule has 15 heteroatoms. The first kappa shape index (κ1) is 79.1. The molecule has 0 radical (unpaired) electrons. The van der Waals surface area contributed by atoms with Gasteiger partial charge in [-0.1, -0.05) is 317 Å². The number of aromatic nitrogens is 12. The summed E-state index contributed by atoms with van der Waals surface area (Å²) in [5.41, 5.74) is 25.9. The van der Waals surface area contributed by atoms with Crippen LogP contribution < -0.4 is 0 Å². The van der Waals surface area contributed by atoms with Gasteiger partial charge in [0.05, 0.1) is 56.5 Å². The van der Waals surface area contributed by atoms with E-state index in [0.717, 1.165) is 94.6 Å². The van der Waals surface area contributed by atoms with Crippen molar-refractivity contribution in [3.8, 4) is 96.1 Å². The average Bonchev–Trinajstić information content (AvgIpc) is 1.54. The Morgan fingerprint density at radius 3 is 1.03 bits per heavy atom. The van der Waals surface area contributed by atoms with E-state index in [9.17, 15) is 0 Å². The molecule has 19 aromatic carbocycles. The number of para-hydroxylation sites is 3. The zero-order valence-corrected chi connectivity index (χ0v) is 81.4. The minimum absolute atomic E-state index is 0.00891. The molecule has 0 unspecified atom stereocenters. The van der Waals surface area contributed by atoms with Gasteiger partial charge in [0.1, 0.15) is 33.6 Å². The maximum Gasteiger partial charge on any atom is 0.160 e. The van der Waals surface area contributed by atoms with E-state index in [1.54, 1.807) is 24.5 Å². The van der Waals surface area contributed by atoms with Crippen LogP contribution in [0.4, 0.5) is 0 Å². The molecule has 1 aliphatic carbocycles. The quantitative estimate of drug-likeness (QED) is 0.139. The molecule has 12 heterocycles. The van der Waals surface area contributed by atoms with Crippen LogP contribution in [0.1, 0.15) is 31.8 Å². The molecule has 0 saturated carbocycles. The molecule has 31 aromatic rings. The molecule has 12 aromatic heterocycles. The minimum atomic E-state index is -0.459. The second-order valence-corrected chi connectivity index (χ2v) is 41.2. The lowest BCUT2D eigenvalue weighted by molar-refractivity contribution is 0.660. The lowest BCUT2D eigenvalue weighted by Gasteiger charge is -2.22. The standard InChI is InChI=1S/C50H32N4S.2C41H24N4S/c1-50(2)38-17-8-5-12-32(38)33-26-23-30(28-39(33)50)45-46-40(18-11-27-51-46)52-49(53-45)29-21-24-31(25-22-29)54-41-19-9-6-15-36(41)43-44-37-16-7-10-20-42(37)55-48(44)35-14-4-3-13-34(35)47(43)54;2*1-2-12-25(13-3-1)37-38-32(20-11-23-42-38)43-41(44-37)26-14-10-15-27(24-26)45-33-21-8-6-18-30(33)35-36-31-19-7-9-22-34(31)46-40(36)29-17-5-4-16-28(29)39(35)45/h3-28H,1-2H3;2*1-24H/i;1D,2D,3D,12D,13D;. The summed E-state index contributed by atoms with van der Waals surface area (Å²) in [5, 5.41) is 22.7. The maximum atomic E-state index is 8.70. The second-order valence-electron chi connectivity index (χ2n) is 38.0. The minimum Gasteiger partial charge on any atom is -0.309 e. The van der Waals surface area contributed by atoms with Gasteiger partial charge in [-0.25, -0.2) is 29.9 Å². The monoisotopic (exact) mass is 1930 g/mol. The lowest BCUT2D eigenvalue weighted by atomic mass is 9.82. The highest BCUT2D eigenvalue weighted by Gasteiger charge is 2.37. The number of pyridine rings is 3. The van der Waals surface area contributed by atoms with Gasteiger partial charge in [-0.2, -0.15) is 0 Å². The smallest absolute Gasteiger partial charge is 0.160 e. The molecule has 0 spiro atoms. The predicted octanol–water partition coefficient (Wildman–Crippen LogP) is 35.2. The van der Waals surface area contributed by atoms with Gasteiger partial charge in [-0.15, -0.1) is 34.0 Å². The van der Waals surface area contributed by atoms with Crippen molar-refractivity contribution in [2.24, 2.45) is 0 Å². The number of fused-ring (bicyclic) bond motifs is 36. The zero-order chi connectivity index (χ0) is 101. The molecule has 32 rings (SSSR count). The molecule has 0 amide bonds. The Labute approximate surface area is 860 Å². The van der Waals surface area contributed by atoms with Crippen molar-refractivity contribution in [3.63, 3.8) is 0 Å². The van der Waals surface area contributed by atoms with E-state index in [-0.39, 0.29) is 28.8 Å². The highest BCUT2D eigenvalue weighted by atomic mass is 32.1. The Bertz CT molecular complexity index is 11300. The van der Waals surface area contributed by atoms with E-state index in [1.165, 1.54) is 159 Å². The van der Waals surface area contributed by atoms with Crippen molar-refractivity contribution in [2.75, 3.05) is 0 Å². The molecule has 0 bridgehead atoms. The third kappa shape index (κ3) is 13.1. The van der Waals surface area contributed by atoms with Gasteiger partial charge in [0.2, 0.25) is 0 Å². The highest BCUT2D eigenvalue weighted by molar-refractivity contribution is 7.28. The van der Waals surface area contributed by atoms with E-state index in [2.05, 4.69) is 371 Å². The number of nitrogens with zero attached hydrogens (tertiary/aromatic N) is 12. The fourth-order valence-electron chi connectivity index (χ4n) is 23.2. The van der Waals surface area contributed by atoms with Crippen molar-refractivity contribution in [3.05, 3.63) is 460 Å². The Morgan fingerprint density at radius 1 is 0.238 bits per heavy atom. The van der Waals surface area contributed by atoms with Gasteiger partial charge in [0.15, 0.2) is 17.5 Å². The summed E-state index contributed by atoms with van der Waals surface area (Å²) < 4.78 is 57.2. The largest absolute Gasteiger partial charge is 0.309 e. The molecule has 0 N–H and O–H groups in total. The average molecular weight is 1940 g/mol. The maximum absolute atomic E-state index is 8.70. The molecule has 1 aliphatic rings. The van der Waals surface area contributed by atoms with Crippen LogP contribution in [0.25, 0.3) is 287 Å². The van der Waals surface area contributed by atoms with Gasteiger partial charge >= 0.3 is 0 Å². The third-order valence-electron chi connectivity index (χ3n) is 29.6. The van der Waals surface area contributed by atoms with Crippen molar-refractivity contribution >= 4 is 225 Å². The van der Waals surface area contributed by atoms with Crippen molar-refractivity contribution in [1.29, 1.82) is 0 Å². The summed E-state index contributed by atoms with van der Waals surface area (Å²) >= 11 is 5.62. The van der Waals surface area contributed by atoms with Crippen molar-refractivity contribution < 1.29 is 6.85 Å². The van der Waals surface area contributed by atoms with Crippen LogP contribution in [-0.2, 0) is 5.41 Å². The number of rotatable bonds is 9. The topological polar surface area (TPSA) is 131 Å². The van der Waals surface area contributed by atoms with Gasteiger partial charge in [-0.05, 0) is 150 Å². The summed E-state index contributed by atoms with van der Waals surface area (Å²) in [7, 11) is 0. The molecule has 0 saturated heterocycles. The van der Waals surface area contributed by atoms with Crippen molar-refractivity contribution in [2.45, 2.75) is 19.3 Å². The summed E-state index contributed by atoms with van der Waals surface area (Å²) in [6, 6.07) is 139. The molecule has 12 nitrogen and oxygen atoms in total. The Balaban J connectivity index is 0.000000105. The van der Waals surface area contributed by atoms with Gasteiger partial charge in [-0.3, -0.25) is 15.0 Å². The fourth-order valence-corrected chi connectivity index (χ4v) is 26.9. The Morgan fingerprint density at radius 2 is 0.585 bits per heavy atom. The van der Waals surface area contributed by atoms with E-state index in [1.807, 2.05) is 94.8 Å². The van der Waals surface area contributed by atoms with E-state index in [0.29, 0.717) is 34.1 Å². The Hall–Kier alpha value is -18.5. The van der Waals surface area contributed by atoms with Gasteiger partial charge in [0, 0.05) is 200 Å². The van der Waals surface area contributed by atoms with Gasteiger partial charge in [0.25, 0.3) is 0 Å². The summed E-state index contributed by atoms with van der Waals surface area (Å²) in [6.45, 7) is 4.63. The van der Waals surface area contributed by atoms with Crippen LogP contribution >= 0.6 is 34.0 Å². The number of hydrogen-bond acceptors (Lipinski definition) is 12. The summed E-state index contributed by atoms with van der Waals surface area (Å²) in [4.78, 5) is 44.2. The van der Waals surface area contributed by atoms with Crippen LogP contribution in [0.15, 0.2) is 449 Å². The van der Waals surface area contributed by atoms with Crippen LogP contribution in [-0.4, -0.2) is 58.6 Å². The lowest BCUT2D eigenvalue weighted by Crippen LogP contribution is -2.15. The Kier molecular flexibility index (Phi) is 17.9. The van der Waals surface area contributed by atoms with Crippen LogP contribution in [0.3, 0.4) is 0 Å². The van der Waals surface area contributed by atoms with Crippen LogP contribution in [0.5, 0.6) is 0 Å². The summed E-state index contributed by atoms with van der Waals surface area (Å²) in [6.07, 6.45) is 5.22. The second kappa shape index (κ2) is 33.3. The zero-order valence-electron chi connectivity index (χ0n) is 83.9. The van der Waals surface area contributed by atoms with E-state index >= 15 is 0 Å². The van der Waals surface area contributed by atoms with Crippen LogP contribution in [0, 0.1) is 0 Å². The first-order valence-corrected chi connectivity index (χ1v) is 51.6. The molecule has 147 heavy (non-hydrogen) atoms. The fraction of sp³-hybridized carbons (Fsp3) is 0.0227. The summed E-state index contributed by atoms with van der Waals surface area (Å²) in [5.74, 6) is 1.72. The van der Waals surface area contributed by atoms with E-state index < -0.39 is 18.1 Å². The first-order valence-electron chi connectivity index (χ1n) is 51.6. The molecule has 0 aliphatic heterocycles. The highest BCUT2D eigenvalue weighted by Crippen LogP contribution is 2.55. The SMILES string of the molecule is CC1(C)c2ccccc2-c2ccc(-c3nc(-c4ccc(-n5c6ccccc6c6c7c8ccccc8sc7c7ccccc7c65)cc4)nc4cccnc34)cc21.[2H]c1c([2H])c([2H])c(-c2nc(-c3cccc(-n4c5ccccc5c5c6c7ccccc7sc6c6ccccc6c54)c3)nc3cccnc23)c([2H])c1[2H].c1ccc(-c2nc(-c3cccc(-n4c5ccccc5c5c6c7ccccc7sc6c6ccccc6c54)c3)nc3cccnc23)cc1. The normalized spacial score (nSPS) is 13.0. The predicted molar refractivity (Wildman–Crippen MR) is 616 cm³/mol. The first-order chi connectivity index (χ1) is 74.8. The molecule has 0 fully saturated rings. The molecule has 686 valence electrons. The number of benzene rings is 19.